The number of hydrogen-bond donors (Lipinski definition) is 1. The van der Waals surface area contributed by atoms with Crippen LogP contribution in [0, 0.1) is 5.92 Å². The lowest BCUT2D eigenvalue weighted by molar-refractivity contribution is -0.218. The van der Waals surface area contributed by atoms with Crippen molar-refractivity contribution in [2.45, 2.75) is 39.9 Å². The number of aliphatic hydroxyl groups is 1. The highest BCUT2D eigenvalue weighted by molar-refractivity contribution is 5.66. The molecule has 66 valence electrons. The first kappa shape index (κ1) is 10.4. The van der Waals surface area contributed by atoms with Gasteiger partial charge in [-0.05, 0) is 6.42 Å². The van der Waals surface area contributed by atoms with Gasteiger partial charge in [0, 0.05) is 19.8 Å². The predicted molar refractivity (Wildman–Crippen MR) is 41.8 cm³/mol. The molecule has 0 rings (SSSR count). The molecule has 0 saturated heterocycles. The van der Waals surface area contributed by atoms with E-state index in [2.05, 4.69) is 0 Å². The van der Waals surface area contributed by atoms with E-state index in [-0.39, 0.29) is 5.92 Å². The molecule has 1 N–H and O–H groups in total. The monoisotopic (exact) mass is 160 g/mol. The number of carbonyl (C=O) groups is 1. The summed E-state index contributed by atoms with van der Waals surface area (Å²) in [6.45, 7) is 6.56. The fourth-order valence-corrected chi connectivity index (χ4v) is 0.770. The zero-order valence-corrected chi connectivity index (χ0v) is 7.55. The Morgan fingerprint density at radius 2 is 2.18 bits per heavy atom. The summed E-state index contributed by atoms with van der Waals surface area (Å²) >= 11 is 0. The van der Waals surface area contributed by atoms with Crippen molar-refractivity contribution < 1.29 is 14.6 Å². The minimum absolute atomic E-state index is 0.0357. The van der Waals surface area contributed by atoms with Gasteiger partial charge in [-0.3, -0.25) is 4.79 Å². The van der Waals surface area contributed by atoms with Crippen LogP contribution >= 0.6 is 0 Å². The van der Waals surface area contributed by atoms with Gasteiger partial charge in [-0.2, -0.15) is 0 Å². The van der Waals surface area contributed by atoms with E-state index in [1.807, 2.05) is 13.8 Å². The average molecular weight is 160 g/mol. The smallest absolute Gasteiger partial charge is 0.305 e. The predicted octanol–water partition coefficient (Wildman–Crippen LogP) is 1.30. The molecule has 3 nitrogen and oxygen atoms in total. The van der Waals surface area contributed by atoms with Crippen LogP contribution in [0.1, 0.15) is 34.1 Å². The molecule has 0 aliphatic rings. The average Bonchev–Trinajstić information content (AvgIpc) is 1.83. The Labute approximate surface area is 67.4 Å². The minimum Gasteiger partial charge on any atom is -0.433 e. The summed E-state index contributed by atoms with van der Waals surface area (Å²) in [6, 6.07) is 0. The Hall–Kier alpha value is -0.570. The van der Waals surface area contributed by atoms with E-state index in [4.69, 9.17) is 4.74 Å². The van der Waals surface area contributed by atoms with Crippen molar-refractivity contribution in [2.24, 2.45) is 5.92 Å². The summed E-state index contributed by atoms with van der Waals surface area (Å²) in [5, 5.41) is 9.51. The maximum absolute atomic E-state index is 10.5. The van der Waals surface area contributed by atoms with Gasteiger partial charge < -0.3 is 9.84 Å². The molecule has 2 atom stereocenters. The van der Waals surface area contributed by atoms with E-state index in [1.165, 1.54) is 13.8 Å². The quantitative estimate of drug-likeness (QED) is 0.500. The molecule has 0 aromatic rings. The van der Waals surface area contributed by atoms with Crippen LogP contribution in [0.4, 0.5) is 0 Å². The summed E-state index contributed by atoms with van der Waals surface area (Å²) in [5.41, 5.74) is 0. The normalized spacial score (nSPS) is 18.6. The first-order chi connectivity index (χ1) is 4.90. The Morgan fingerprint density at radius 1 is 1.73 bits per heavy atom. The van der Waals surface area contributed by atoms with Gasteiger partial charge in [0.2, 0.25) is 5.79 Å². The van der Waals surface area contributed by atoms with Gasteiger partial charge in [0.1, 0.15) is 0 Å². The van der Waals surface area contributed by atoms with Crippen molar-refractivity contribution in [2.75, 3.05) is 0 Å². The molecule has 0 amide bonds. The highest BCUT2D eigenvalue weighted by Gasteiger charge is 2.29. The Morgan fingerprint density at radius 3 is 2.45 bits per heavy atom. The third kappa shape index (κ3) is 3.37. The second-order valence-electron chi connectivity index (χ2n) is 2.96. The number of rotatable bonds is 3. The summed E-state index contributed by atoms with van der Waals surface area (Å²) in [7, 11) is 0. The maximum Gasteiger partial charge on any atom is 0.305 e. The largest absolute Gasteiger partial charge is 0.433 e. The SMILES string of the molecule is CCC(C)C(C)(O)OC(C)=O. The van der Waals surface area contributed by atoms with Crippen LogP contribution in [0.3, 0.4) is 0 Å². The highest BCUT2D eigenvalue weighted by atomic mass is 16.7. The molecule has 0 heterocycles. The fourth-order valence-electron chi connectivity index (χ4n) is 0.770. The van der Waals surface area contributed by atoms with Crippen LogP contribution < -0.4 is 0 Å². The number of esters is 1. The molecule has 2 unspecified atom stereocenters. The van der Waals surface area contributed by atoms with Crippen LogP contribution in [0.25, 0.3) is 0 Å². The zero-order chi connectivity index (χ0) is 9.07. The standard InChI is InChI=1S/C8H16O3/c1-5-6(2)8(4,10)11-7(3)9/h6,10H,5H2,1-4H3. The molecule has 0 radical (unpaired) electrons. The minimum atomic E-state index is -1.32. The molecular weight excluding hydrogens is 144 g/mol. The zero-order valence-electron chi connectivity index (χ0n) is 7.55. The van der Waals surface area contributed by atoms with Crippen molar-refractivity contribution in [3.63, 3.8) is 0 Å². The van der Waals surface area contributed by atoms with Gasteiger partial charge >= 0.3 is 5.97 Å². The molecular formula is C8H16O3. The van der Waals surface area contributed by atoms with Crippen molar-refractivity contribution in [3.05, 3.63) is 0 Å². The van der Waals surface area contributed by atoms with Gasteiger partial charge in [0.25, 0.3) is 0 Å². The van der Waals surface area contributed by atoms with Crippen molar-refractivity contribution in [3.8, 4) is 0 Å². The highest BCUT2D eigenvalue weighted by Crippen LogP contribution is 2.20. The van der Waals surface area contributed by atoms with Gasteiger partial charge in [-0.15, -0.1) is 0 Å². The Bertz CT molecular complexity index is 140. The van der Waals surface area contributed by atoms with Gasteiger partial charge in [0.05, 0.1) is 0 Å². The lowest BCUT2D eigenvalue weighted by Crippen LogP contribution is -2.37. The molecule has 3 heteroatoms. The van der Waals surface area contributed by atoms with Crippen molar-refractivity contribution in [1.29, 1.82) is 0 Å². The van der Waals surface area contributed by atoms with E-state index >= 15 is 0 Å². The molecule has 0 aromatic heterocycles. The second kappa shape index (κ2) is 3.72. The lowest BCUT2D eigenvalue weighted by Gasteiger charge is -2.28. The molecule has 0 spiro atoms. The molecule has 0 aromatic carbocycles. The van der Waals surface area contributed by atoms with Crippen LogP contribution in [-0.2, 0) is 9.53 Å². The summed E-state index contributed by atoms with van der Waals surface area (Å²) < 4.78 is 4.71. The molecule has 0 bridgehead atoms. The van der Waals surface area contributed by atoms with E-state index < -0.39 is 11.8 Å². The Balaban J connectivity index is 4.08. The van der Waals surface area contributed by atoms with Gasteiger partial charge in [0.15, 0.2) is 0 Å². The molecule has 0 aliphatic carbocycles. The fraction of sp³-hybridized carbons (Fsp3) is 0.875. The summed E-state index contributed by atoms with van der Waals surface area (Å²) in [6.07, 6.45) is 0.778. The second-order valence-corrected chi connectivity index (χ2v) is 2.96. The van der Waals surface area contributed by atoms with Crippen LogP contribution in [0.5, 0.6) is 0 Å². The molecule has 0 saturated carbocycles. The number of carbonyl (C=O) groups excluding carboxylic acids is 1. The van der Waals surface area contributed by atoms with Crippen molar-refractivity contribution in [1.82, 2.24) is 0 Å². The molecule has 0 fully saturated rings. The molecule has 0 aliphatic heterocycles. The number of ether oxygens (including phenoxy) is 1. The Kier molecular flexibility index (Phi) is 3.52. The third-order valence-corrected chi connectivity index (χ3v) is 1.88. The van der Waals surface area contributed by atoms with Gasteiger partial charge in [-0.25, -0.2) is 0 Å². The summed E-state index contributed by atoms with van der Waals surface area (Å²) in [5.74, 6) is -1.80. The van der Waals surface area contributed by atoms with Crippen LogP contribution in [-0.4, -0.2) is 16.9 Å². The van der Waals surface area contributed by atoms with Gasteiger partial charge in [-0.1, -0.05) is 13.8 Å². The number of hydrogen-bond acceptors (Lipinski definition) is 3. The van der Waals surface area contributed by atoms with E-state index in [0.29, 0.717) is 0 Å². The van der Waals surface area contributed by atoms with E-state index in [9.17, 15) is 9.90 Å². The molecule has 11 heavy (non-hydrogen) atoms. The maximum atomic E-state index is 10.5. The summed E-state index contributed by atoms with van der Waals surface area (Å²) in [4.78, 5) is 10.5. The topological polar surface area (TPSA) is 46.5 Å². The third-order valence-electron chi connectivity index (χ3n) is 1.88. The van der Waals surface area contributed by atoms with Crippen molar-refractivity contribution >= 4 is 5.97 Å². The van der Waals surface area contributed by atoms with E-state index in [1.54, 1.807) is 0 Å². The lowest BCUT2D eigenvalue weighted by atomic mass is 10.00. The first-order valence-corrected chi connectivity index (χ1v) is 3.82. The van der Waals surface area contributed by atoms with Crippen LogP contribution in [0.15, 0.2) is 0 Å². The van der Waals surface area contributed by atoms with E-state index in [0.717, 1.165) is 6.42 Å². The first-order valence-electron chi connectivity index (χ1n) is 3.82. The van der Waals surface area contributed by atoms with Crippen LogP contribution in [0.2, 0.25) is 0 Å².